The third-order valence-electron chi connectivity index (χ3n) is 5.37. The van der Waals surface area contributed by atoms with Crippen molar-refractivity contribution < 1.29 is 24.5 Å². The summed E-state index contributed by atoms with van der Waals surface area (Å²) in [6.07, 6.45) is 3.00. The van der Waals surface area contributed by atoms with Crippen LogP contribution in [0.25, 0.3) is 6.08 Å². The van der Waals surface area contributed by atoms with Crippen molar-refractivity contribution >= 4 is 17.9 Å². The minimum Gasteiger partial charge on any atom is -0.508 e. The number of nitrogens with zero attached hydrogens (tertiary/aromatic N) is 1. The highest BCUT2D eigenvalue weighted by molar-refractivity contribution is 5.96. The van der Waals surface area contributed by atoms with Crippen LogP contribution in [0, 0.1) is 0 Å². The predicted octanol–water partition coefficient (Wildman–Crippen LogP) is 4.80. The Morgan fingerprint density at radius 3 is 2.28 bits per heavy atom. The van der Waals surface area contributed by atoms with Gasteiger partial charge in [-0.1, -0.05) is 48.5 Å². The minimum atomic E-state index is -0.948. The molecule has 0 bridgehead atoms. The fraction of sp³-hybridized carbons (Fsp3) is 0.241. The number of amides is 2. The first-order valence-corrected chi connectivity index (χ1v) is 11.6. The number of ether oxygens (including phenoxy) is 1. The molecule has 2 amide bonds. The van der Waals surface area contributed by atoms with E-state index in [1.807, 2.05) is 51.1 Å². The number of carbonyl (C=O) groups excluding carboxylic acids is 2. The van der Waals surface area contributed by atoms with Gasteiger partial charge in [0.1, 0.15) is 11.8 Å². The molecule has 0 aromatic heterocycles. The molecule has 188 valence electrons. The van der Waals surface area contributed by atoms with Crippen LogP contribution in [0.5, 0.6) is 17.2 Å². The molecule has 7 nitrogen and oxygen atoms in total. The highest BCUT2D eigenvalue weighted by Crippen LogP contribution is 2.28. The van der Waals surface area contributed by atoms with E-state index in [0.29, 0.717) is 11.1 Å². The van der Waals surface area contributed by atoms with E-state index in [4.69, 9.17) is 4.74 Å². The number of phenolic OH excluding ortho intramolecular Hbond substituents is 2. The number of aromatic hydroxyl groups is 2. The lowest BCUT2D eigenvalue weighted by Gasteiger charge is -2.33. The molecule has 3 rings (SSSR count). The van der Waals surface area contributed by atoms with Crippen molar-refractivity contribution in [2.45, 2.75) is 38.9 Å². The molecular formula is C29H32N2O5. The molecule has 0 fully saturated rings. The molecule has 1 atom stereocenters. The quantitative estimate of drug-likeness (QED) is 0.396. The monoisotopic (exact) mass is 488 g/mol. The van der Waals surface area contributed by atoms with E-state index < -0.39 is 11.6 Å². The maximum Gasteiger partial charge on any atom is 0.247 e. The number of phenols is 2. The largest absolute Gasteiger partial charge is 0.508 e. The summed E-state index contributed by atoms with van der Waals surface area (Å²) in [5, 5.41) is 22.6. The average Bonchev–Trinajstić information content (AvgIpc) is 2.83. The van der Waals surface area contributed by atoms with Gasteiger partial charge in [-0.3, -0.25) is 9.59 Å². The van der Waals surface area contributed by atoms with Gasteiger partial charge in [0.15, 0.2) is 11.5 Å². The topological polar surface area (TPSA) is 99.1 Å². The van der Waals surface area contributed by atoms with Crippen molar-refractivity contribution in [2.24, 2.45) is 0 Å². The first kappa shape index (κ1) is 26.3. The summed E-state index contributed by atoms with van der Waals surface area (Å²) in [5.74, 6) is -0.365. The van der Waals surface area contributed by atoms with Crippen LogP contribution in [0.1, 0.15) is 43.5 Å². The van der Waals surface area contributed by atoms with Crippen molar-refractivity contribution in [1.82, 2.24) is 10.2 Å². The summed E-state index contributed by atoms with van der Waals surface area (Å²) in [6.45, 7) is 5.81. The Kier molecular flexibility index (Phi) is 8.38. The predicted molar refractivity (Wildman–Crippen MR) is 139 cm³/mol. The van der Waals surface area contributed by atoms with Crippen LogP contribution in [-0.2, 0) is 16.1 Å². The van der Waals surface area contributed by atoms with Gasteiger partial charge in [0.05, 0.1) is 7.11 Å². The van der Waals surface area contributed by atoms with Crippen LogP contribution in [0.3, 0.4) is 0 Å². The third-order valence-corrected chi connectivity index (χ3v) is 5.37. The zero-order valence-electron chi connectivity index (χ0n) is 20.9. The summed E-state index contributed by atoms with van der Waals surface area (Å²) in [6, 6.07) is 19.5. The molecule has 0 aliphatic heterocycles. The van der Waals surface area contributed by atoms with Crippen LogP contribution in [0.4, 0.5) is 0 Å². The minimum absolute atomic E-state index is 0.00192. The third kappa shape index (κ3) is 7.12. The number of carbonyl (C=O) groups is 2. The number of methoxy groups -OCH3 is 1. The second-order valence-corrected chi connectivity index (χ2v) is 9.45. The highest BCUT2D eigenvalue weighted by Gasteiger charge is 2.32. The molecule has 0 saturated carbocycles. The lowest BCUT2D eigenvalue weighted by atomic mass is 10.0. The summed E-state index contributed by atoms with van der Waals surface area (Å²) in [5.41, 5.74) is 1.56. The molecule has 0 aliphatic rings. The Bertz CT molecular complexity index is 1210. The fourth-order valence-electron chi connectivity index (χ4n) is 3.71. The molecule has 0 saturated heterocycles. The van der Waals surface area contributed by atoms with Crippen LogP contribution < -0.4 is 10.1 Å². The lowest BCUT2D eigenvalue weighted by molar-refractivity contribution is -0.138. The second-order valence-electron chi connectivity index (χ2n) is 9.45. The molecule has 0 heterocycles. The van der Waals surface area contributed by atoms with Gasteiger partial charge in [0.25, 0.3) is 0 Å². The molecule has 0 aliphatic carbocycles. The molecule has 3 N–H and O–H groups in total. The van der Waals surface area contributed by atoms with E-state index in [1.165, 1.54) is 36.3 Å². The zero-order chi connectivity index (χ0) is 26.3. The van der Waals surface area contributed by atoms with E-state index in [1.54, 1.807) is 30.3 Å². The van der Waals surface area contributed by atoms with Crippen molar-refractivity contribution in [3.05, 3.63) is 95.6 Å². The number of hydrogen-bond donors (Lipinski definition) is 3. The van der Waals surface area contributed by atoms with Crippen LogP contribution in [0.15, 0.2) is 78.9 Å². The number of rotatable bonds is 8. The van der Waals surface area contributed by atoms with Crippen molar-refractivity contribution in [3.63, 3.8) is 0 Å². The van der Waals surface area contributed by atoms with E-state index in [-0.39, 0.29) is 35.6 Å². The zero-order valence-corrected chi connectivity index (χ0v) is 20.9. The van der Waals surface area contributed by atoms with Gasteiger partial charge in [0, 0.05) is 18.2 Å². The fourth-order valence-corrected chi connectivity index (χ4v) is 3.71. The first-order chi connectivity index (χ1) is 17.1. The average molecular weight is 489 g/mol. The summed E-state index contributed by atoms with van der Waals surface area (Å²) < 4.78 is 5.15. The van der Waals surface area contributed by atoms with Gasteiger partial charge in [-0.15, -0.1) is 0 Å². The normalized spacial score (nSPS) is 12.2. The standard InChI is InChI=1S/C29H32N2O5/c1-29(2,3)30-28(35)27(22-12-14-23(32)15-13-22)31(19-21-8-6-5-7-9-21)26(34)17-11-20-10-16-24(33)25(18-20)36-4/h5-18,27,32-33H,19H2,1-4H3,(H,30,35)/b17-11+/t27-/m0/s1. The molecule has 0 unspecified atom stereocenters. The Labute approximate surface area is 211 Å². The van der Waals surface area contributed by atoms with E-state index in [2.05, 4.69) is 5.32 Å². The van der Waals surface area contributed by atoms with E-state index in [0.717, 1.165) is 5.56 Å². The van der Waals surface area contributed by atoms with Crippen molar-refractivity contribution in [3.8, 4) is 17.2 Å². The summed E-state index contributed by atoms with van der Waals surface area (Å²) in [7, 11) is 1.45. The molecule has 36 heavy (non-hydrogen) atoms. The van der Waals surface area contributed by atoms with Gasteiger partial charge < -0.3 is 25.2 Å². The molecule has 7 heteroatoms. The molecular weight excluding hydrogens is 456 g/mol. The Morgan fingerprint density at radius 2 is 1.67 bits per heavy atom. The molecule has 3 aromatic rings. The van der Waals surface area contributed by atoms with Crippen LogP contribution in [0.2, 0.25) is 0 Å². The SMILES string of the molecule is COc1cc(/C=C/C(=O)N(Cc2ccccc2)[C@H](C(=O)NC(C)(C)C)c2ccc(O)cc2)ccc1O. The van der Waals surface area contributed by atoms with Gasteiger partial charge >= 0.3 is 0 Å². The second kappa shape index (κ2) is 11.4. The molecule has 0 spiro atoms. The maximum atomic E-state index is 13.6. The number of benzene rings is 3. The van der Waals surface area contributed by atoms with Crippen molar-refractivity contribution in [2.75, 3.05) is 7.11 Å². The summed E-state index contributed by atoms with van der Waals surface area (Å²) >= 11 is 0. The van der Waals surface area contributed by atoms with E-state index in [9.17, 15) is 19.8 Å². The Balaban J connectivity index is 2.04. The van der Waals surface area contributed by atoms with Crippen molar-refractivity contribution in [1.29, 1.82) is 0 Å². The van der Waals surface area contributed by atoms with Crippen LogP contribution in [-0.4, -0.2) is 39.6 Å². The van der Waals surface area contributed by atoms with Gasteiger partial charge in [-0.25, -0.2) is 0 Å². The summed E-state index contributed by atoms with van der Waals surface area (Å²) in [4.78, 5) is 28.7. The highest BCUT2D eigenvalue weighted by atomic mass is 16.5. The number of hydrogen-bond acceptors (Lipinski definition) is 5. The smallest absolute Gasteiger partial charge is 0.247 e. The molecule has 0 radical (unpaired) electrons. The van der Waals surface area contributed by atoms with Gasteiger partial charge in [-0.2, -0.15) is 0 Å². The maximum absolute atomic E-state index is 13.6. The van der Waals surface area contributed by atoms with Crippen LogP contribution >= 0.6 is 0 Å². The lowest BCUT2D eigenvalue weighted by Crippen LogP contribution is -2.48. The molecule has 3 aromatic carbocycles. The Morgan fingerprint density at radius 1 is 1.00 bits per heavy atom. The first-order valence-electron chi connectivity index (χ1n) is 11.6. The van der Waals surface area contributed by atoms with Gasteiger partial charge in [0.2, 0.25) is 11.8 Å². The Hall–Kier alpha value is -4.26. The number of nitrogens with one attached hydrogen (secondary N) is 1. The van der Waals surface area contributed by atoms with E-state index >= 15 is 0 Å². The van der Waals surface area contributed by atoms with Gasteiger partial charge in [-0.05, 0) is 67.8 Å².